The van der Waals surface area contributed by atoms with Gasteiger partial charge in [0.25, 0.3) is 15.9 Å². The Labute approximate surface area is 279 Å². The lowest BCUT2D eigenvalue weighted by Crippen LogP contribution is -2.57. The lowest BCUT2D eigenvalue weighted by molar-refractivity contribution is -0.132. The van der Waals surface area contributed by atoms with Crippen LogP contribution in [0.4, 0.5) is 10.5 Å². The molecular formula is C34H36ClN5O6S. The quantitative estimate of drug-likeness (QED) is 0.327. The molecule has 0 N–H and O–H groups in total. The number of hydrogen-bond donors (Lipinski definition) is 0. The van der Waals surface area contributed by atoms with Gasteiger partial charge in [-0.05, 0) is 92.9 Å². The van der Waals surface area contributed by atoms with E-state index in [1.807, 2.05) is 24.3 Å². The van der Waals surface area contributed by atoms with Crippen LogP contribution in [0.15, 0.2) is 65.6 Å². The standard InChI is InChI=1S/C34H36ClN5O6S/c1-37(2)33(42)46-31-7-6-18-39(31)34(27-14-10-24(19-30(27)45-3)22-38-16-4-5-17-38)28-20-25(35)11-15-29(28)40(32(34)41)47(43,44)26-12-8-23(21-36)9-13-26/h8-15,19-20,31H,4-7,16-18,22H2,1-3H3/t31-,34?/m0/s1. The number of likely N-dealkylation sites (tertiary alicyclic amines) is 2. The fraction of sp³-hybridized carbons (Fsp3) is 0.382. The van der Waals surface area contributed by atoms with E-state index in [1.54, 1.807) is 25.1 Å². The summed E-state index contributed by atoms with van der Waals surface area (Å²) < 4.78 is 41.6. The van der Waals surface area contributed by atoms with Crippen LogP contribution in [0, 0.1) is 11.3 Å². The minimum absolute atomic E-state index is 0.122. The largest absolute Gasteiger partial charge is 0.496 e. The fourth-order valence-corrected chi connectivity index (χ4v) is 8.51. The minimum atomic E-state index is -4.50. The van der Waals surface area contributed by atoms with Gasteiger partial charge in [-0.3, -0.25) is 9.69 Å². The third-order valence-corrected chi connectivity index (χ3v) is 11.0. The van der Waals surface area contributed by atoms with Crippen molar-refractivity contribution in [3.8, 4) is 11.8 Å². The van der Waals surface area contributed by atoms with Gasteiger partial charge < -0.3 is 14.4 Å². The minimum Gasteiger partial charge on any atom is -0.496 e. The molecule has 0 aliphatic carbocycles. The second-order valence-corrected chi connectivity index (χ2v) is 14.4. The number of sulfonamides is 1. The third-order valence-electron chi connectivity index (χ3n) is 9.07. The maximum atomic E-state index is 15.3. The highest BCUT2D eigenvalue weighted by Crippen LogP contribution is 2.55. The van der Waals surface area contributed by atoms with Crippen LogP contribution in [0.1, 0.15) is 47.9 Å². The van der Waals surface area contributed by atoms with Crippen LogP contribution in [0.5, 0.6) is 5.75 Å². The summed E-state index contributed by atoms with van der Waals surface area (Å²) in [5, 5.41) is 9.59. The molecule has 0 aromatic heterocycles. The Balaban J connectivity index is 1.58. The van der Waals surface area contributed by atoms with Crippen molar-refractivity contribution in [3.63, 3.8) is 0 Å². The van der Waals surface area contributed by atoms with Crippen LogP contribution in [-0.2, 0) is 31.6 Å². The predicted octanol–water partition coefficient (Wildman–Crippen LogP) is 4.92. The van der Waals surface area contributed by atoms with Crippen molar-refractivity contribution in [2.75, 3.05) is 45.1 Å². The summed E-state index contributed by atoms with van der Waals surface area (Å²) in [4.78, 5) is 33.5. The topological polar surface area (TPSA) is 123 Å². The number of halogens is 1. The van der Waals surface area contributed by atoms with Crippen LogP contribution in [0.2, 0.25) is 5.02 Å². The molecule has 246 valence electrons. The number of rotatable bonds is 8. The molecule has 2 fully saturated rings. The number of amides is 2. The van der Waals surface area contributed by atoms with E-state index in [9.17, 15) is 18.5 Å². The zero-order chi connectivity index (χ0) is 33.5. The molecule has 3 aromatic carbocycles. The molecule has 3 heterocycles. The number of benzene rings is 3. The summed E-state index contributed by atoms with van der Waals surface area (Å²) in [5.74, 6) is -0.388. The van der Waals surface area contributed by atoms with E-state index in [0.29, 0.717) is 47.8 Å². The number of hydrogen-bond acceptors (Lipinski definition) is 9. The number of anilines is 1. The van der Waals surface area contributed by atoms with Crippen molar-refractivity contribution in [3.05, 3.63) is 87.9 Å². The van der Waals surface area contributed by atoms with Crippen molar-refractivity contribution in [1.29, 1.82) is 5.26 Å². The van der Waals surface area contributed by atoms with Gasteiger partial charge in [-0.2, -0.15) is 5.26 Å². The van der Waals surface area contributed by atoms with Crippen molar-refractivity contribution in [2.45, 2.75) is 48.9 Å². The summed E-state index contributed by atoms with van der Waals surface area (Å²) in [6, 6.07) is 17.7. The molecule has 3 aromatic rings. The van der Waals surface area contributed by atoms with Gasteiger partial charge in [-0.1, -0.05) is 23.7 Å². The smallest absolute Gasteiger partial charge is 0.410 e. The van der Waals surface area contributed by atoms with Crippen LogP contribution < -0.4 is 9.04 Å². The molecule has 0 saturated carbocycles. The number of carbonyl (C=O) groups is 2. The first-order valence-corrected chi connectivity index (χ1v) is 17.3. The van der Waals surface area contributed by atoms with Crippen molar-refractivity contribution in [1.82, 2.24) is 14.7 Å². The Bertz CT molecular complexity index is 1860. The Hall–Kier alpha value is -4.15. The number of nitriles is 1. The first-order valence-electron chi connectivity index (χ1n) is 15.5. The lowest BCUT2D eigenvalue weighted by atomic mass is 9.81. The maximum Gasteiger partial charge on any atom is 0.410 e. The second-order valence-electron chi connectivity index (χ2n) is 12.2. The molecule has 0 radical (unpaired) electrons. The number of fused-ring (bicyclic) bond motifs is 1. The van der Waals surface area contributed by atoms with Crippen LogP contribution >= 0.6 is 11.6 Å². The highest BCUT2D eigenvalue weighted by molar-refractivity contribution is 7.93. The Morgan fingerprint density at radius 3 is 2.40 bits per heavy atom. The third kappa shape index (κ3) is 5.61. The number of carbonyl (C=O) groups excluding carboxylic acids is 2. The first-order chi connectivity index (χ1) is 22.5. The van der Waals surface area contributed by atoms with Crippen LogP contribution in [0.3, 0.4) is 0 Å². The van der Waals surface area contributed by atoms with E-state index < -0.39 is 33.8 Å². The van der Waals surface area contributed by atoms with Crippen LogP contribution in [0.25, 0.3) is 0 Å². The van der Waals surface area contributed by atoms with Gasteiger partial charge in [0.2, 0.25) is 0 Å². The van der Waals surface area contributed by atoms with E-state index in [4.69, 9.17) is 21.1 Å². The molecular weight excluding hydrogens is 642 g/mol. The average Bonchev–Trinajstić information content (AvgIpc) is 3.80. The molecule has 11 nitrogen and oxygen atoms in total. The summed E-state index contributed by atoms with van der Waals surface area (Å²) in [5.41, 5.74) is 0.315. The molecule has 6 rings (SSSR count). The summed E-state index contributed by atoms with van der Waals surface area (Å²) in [6.07, 6.45) is 1.80. The molecule has 47 heavy (non-hydrogen) atoms. The number of ether oxygens (including phenoxy) is 2. The van der Waals surface area contributed by atoms with Gasteiger partial charge in [0.1, 0.15) is 5.75 Å². The zero-order valence-corrected chi connectivity index (χ0v) is 28.1. The van der Waals surface area contributed by atoms with E-state index in [0.717, 1.165) is 35.8 Å². The Kier molecular flexibility index (Phi) is 8.93. The molecule has 13 heteroatoms. The summed E-state index contributed by atoms with van der Waals surface area (Å²) in [7, 11) is 0.154. The molecule has 1 unspecified atom stereocenters. The number of methoxy groups -OCH3 is 1. The van der Waals surface area contributed by atoms with Gasteiger partial charge in [0, 0.05) is 43.3 Å². The zero-order valence-electron chi connectivity index (χ0n) is 26.5. The Morgan fingerprint density at radius 1 is 1.02 bits per heavy atom. The predicted molar refractivity (Wildman–Crippen MR) is 175 cm³/mol. The van der Waals surface area contributed by atoms with E-state index in [1.165, 1.54) is 48.4 Å². The van der Waals surface area contributed by atoms with Crippen molar-refractivity contribution in [2.24, 2.45) is 0 Å². The molecule has 2 amide bonds. The van der Waals surface area contributed by atoms with Gasteiger partial charge in [-0.15, -0.1) is 0 Å². The first kappa shape index (κ1) is 32.8. The lowest BCUT2D eigenvalue weighted by Gasteiger charge is -2.41. The maximum absolute atomic E-state index is 15.3. The van der Waals surface area contributed by atoms with Crippen molar-refractivity contribution < 1.29 is 27.5 Å². The van der Waals surface area contributed by atoms with E-state index >= 15 is 4.79 Å². The normalized spacial score (nSPS) is 21.5. The summed E-state index contributed by atoms with van der Waals surface area (Å²) >= 11 is 6.60. The highest BCUT2D eigenvalue weighted by atomic mass is 35.5. The number of nitrogens with zero attached hydrogens (tertiary/aromatic N) is 5. The summed E-state index contributed by atoms with van der Waals surface area (Å²) in [6.45, 7) is 3.00. The Morgan fingerprint density at radius 2 is 1.74 bits per heavy atom. The van der Waals surface area contributed by atoms with Gasteiger partial charge in [0.15, 0.2) is 11.8 Å². The molecule has 3 aliphatic heterocycles. The molecule has 0 spiro atoms. The fourth-order valence-electron chi connectivity index (χ4n) is 6.88. The molecule has 2 atom stereocenters. The second kappa shape index (κ2) is 12.8. The van der Waals surface area contributed by atoms with Gasteiger partial charge in [-0.25, -0.2) is 22.4 Å². The van der Waals surface area contributed by atoms with E-state index in [2.05, 4.69) is 4.90 Å². The van der Waals surface area contributed by atoms with Crippen molar-refractivity contribution >= 4 is 39.3 Å². The highest BCUT2D eigenvalue weighted by Gasteiger charge is 2.63. The average molecular weight is 678 g/mol. The monoisotopic (exact) mass is 677 g/mol. The SMILES string of the molecule is COc1cc(CN2CCCC2)ccc1C1(N2CCC[C@@H]2OC(=O)N(C)C)C(=O)N(S(=O)(=O)c2ccc(C#N)cc2)c2ccc(Cl)cc21. The molecule has 0 bridgehead atoms. The van der Waals surface area contributed by atoms with Gasteiger partial charge in [0.05, 0.1) is 29.3 Å². The molecule has 3 aliphatic rings. The van der Waals surface area contributed by atoms with Crippen LogP contribution in [-0.4, -0.2) is 82.2 Å². The molecule has 2 saturated heterocycles. The van der Waals surface area contributed by atoms with E-state index in [-0.39, 0.29) is 16.1 Å². The van der Waals surface area contributed by atoms with Gasteiger partial charge >= 0.3 is 6.09 Å².